The van der Waals surface area contributed by atoms with Gasteiger partial charge in [0.2, 0.25) is 5.96 Å². The van der Waals surface area contributed by atoms with Crippen LogP contribution in [0.5, 0.6) is 0 Å². The number of rotatable bonds is 2. The van der Waals surface area contributed by atoms with Gasteiger partial charge < -0.3 is 9.47 Å². The Morgan fingerprint density at radius 1 is 0.903 bits per heavy atom. The number of nitrogens with one attached hydrogen (secondary N) is 2. The average Bonchev–Trinajstić information content (AvgIpc) is 2.58. The Balaban J connectivity index is 2.34. The first-order chi connectivity index (χ1) is 14.3. The van der Waals surface area contributed by atoms with E-state index in [9.17, 15) is 9.59 Å². The number of pyridine rings is 1. The minimum Gasteiger partial charge on any atom is -0.444 e. The summed E-state index contributed by atoms with van der Waals surface area (Å²) in [5.41, 5.74) is 1.77. The number of hydrogen-bond donors (Lipinski definition) is 2. The van der Waals surface area contributed by atoms with Crippen LogP contribution in [0, 0.1) is 6.92 Å². The third-order valence-corrected chi connectivity index (χ3v) is 3.61. The smallest absolute Gasteiger partial charge is 0.414 e. The maximum atomic E-state index is 12.2. The molecule has 0 atom stereocenters. The summed E-state index contributed by atoms with van der Waals surface area (Å²) in [6, 6.07) is 11.1. The van der Waals surface area contributed by atoms with Gasteiger partial charge in [-0.1, -0.05) is 18.2 Å². The largest absolute Gasteiger partial charge is 0.444 e. The van der Waals surface area contributed by atoms with Crippen molar-refractivity contribution < 1.29 is 19.1 Å². The highest BCUT2D eigenvalue weighted by Crippen LogP contribution is 2.25. The predicted molar refractivity (Wildman–Crippen MR) is 120 cm³/mol. The Morgan fingerprint density at radius 3 is 2.00 bits per heavy atom. The fourth-order valence-corrected chi connectivity index (χ4v) is 2.53. The van der Waals surface area contributed by atoms with E-state index >= 15 is 0 Å². The molecule has 166 valence electrons. The zero-order valence-corrected chi connectivity index (χ0v) is 19.1. The lowest BCUT2D eigenvalue weighted by atomic mass is 10.1. The summed E-state index contributed by atoms with van der Waals surface area (Å²) in [6.45, 7) is 12.4. The van der Waals surface area contributed by atoms with Crippen molar-refractivity contribution in [2.45, 2.75) is 59.7 Å². The van der Waals surface area contributed by atoms with Crippen molar-refractivity contribution in [3.8, 4) is 11.3 Å². The van der Waals surface area contributed by atoms with Crippen molar-refractivity contribution in [3.05, 3.63) is 48.2 Å². The molecule has 1 aromatic heterocycles. The second-order valence-electron chi connectivity index (χ2n) is 8.93. The molecule has 0 aliphatic carbocycles. The van der Waals surface area contributed by atoms with E-state index in [0.717, 1.165) is 16.8 Å². The van der Waals surface area contributed by atoms with Crippen molar-refractivity contribution in [3.63, 3.8) is 0 Å². The van der Waals surface area contributed by atoms with Crippen LogP contribution in [0.3, 0.4) is 0 Å². The highest BCUT2D eigenvalue weighted by Gasteiger charge is 2.21. The molecule has 0 unspecified atom stereocenters. The summed E-state index contributed by atoms with van der Waals surface area (Å²) in [7, 11) is 0. The molecule has 31 heavy (non-hydrogen) atoms. The first-order valence-electron chi connectivity index (χ1n) is 9.93. The van der Waals surface area contributed by atoms with Gasteiger partial charge in [-0.2, -0.15) is 0 Å². The lowest BCUT2D eigenvalue weighted by Crippen LogP contribution is -2.47. The number of alkyl carbamates (subject to hydrolysis) is 2. The fraction of sp³-hybridized carbons (Fsp3) is 0.391. The van der Waals surface area contributed by atoms with Crippen LogP contribution in [0.1, 0.15) is 47.1 Å². The van der Waals surface area contributed by atoms with E-state index in [1.165, 1.54) is 0 Å². The number of benzene rings is 1. The van der Waals surface area contributed by atoms with Crippen LogP contribution in [0.15, 0.2) is 47.6 Å². The van der Waals surface area contributed by atoms with Crippen LogP contribution in [0.4, 0.5) is 15.3 Å². The van der Waals surface area contributed by atoms with Gasteiger partial charge in [0.25, 0.3) is 0 Å². The number of aryl methyl sites for hydroxylation is 1. The molecule has 2 N–H and O–H groups in total. The zero-order chi connectivity index (χ0) is 23.2. The quantitative estimate of drug-likeness (QED) is 0.514. The number of ether oxygens (including phenoxy) is 2. The average molecular weight is 427 g/mol. The van der Waals surface area contributed by atoms with Crippen molar-refractivity contribution in [2.24, 2.45) is 4.99 Å². The van der Waals surface area contributed by atoms with E-state index in [1.807, 2.05) is 37.3 Å². The summed E-state index contributed by atoms with van der Waals surface area (Å²) in [5.74, 6) is -0.113. The van der Waals surface area contributed by atoms with Gasteiger partial charge in [0.15, 0.2) is 0 Å². The second-order valence-corrected chi connectivity index (χ2v) is 8.93. The molecule has 2 amide bonds. The minimum absolute atomic E-state index is 0.113. The molecule has 1 aromatic carbocycles. The molecule has 0 fully saturated rings. The summed E-state index contributed by atoms with van der Waals surface area (Å²) < 4.78 is 10.5. The molecule has 8 nitrogen and oxygen atoms in total. The first kappa shape index (κ1) is 23.9. The molecule has 0 spiro atoms. The van der Waals surface area contributed by atoms with E-state index in [-0.39, 0.29) is 5.96 Å². The van der Waals surface area contributed by atoms with Crippen LogP contribution in [-0.4, -0.2) is 34.3 Å². The molecule has 0 bridgehead atoms. The number of aliphatic imine (C=N–C) groups is 1. The lowest BCUT2D eigenvalue weighted by molar-refractivity contribution is 0.0545. The van der Waals surface area contributed by atoms with E-state index < -0.39 is 23.4 Å². The van der Waals surface area contributed by atoms with E-state index in [0.29, 0.717) is 5.69 Å². The van der Waals surface area contributed by atoms with E-state index in [1.54, 1.807) is 53.8 Å². The Kier molecular flexibility index (Phi) is 7.38. The molecule has 2 rings (SSSR count). The van der Waals surface area contributed by atoms with Gasteiger partial charge in [-0.25, -0.2) is 14.6 Å². The van der Waals surface area contributed by atoms with Crippen molar-refractivity contribution in [1.29, 1.82) is 0 Å². The number of carbonyl (C=O) groups excluding carboxylic acids is 2. The lowest BCUT2D eigenvalue weighted by Gasteiger charge is -2.22. The molecular formula is C23H30N4O4. The van der Waals surface area contributed by atoms with E-state index in [2.05, 4.69) is 20.6 Å². The highest BCUT2D eigenvalue weighted by molar-refractivity contribution is 6.02. The summed E-state index contributed by atoms with van der Waals surface area (Å²) in [6.07, 6.45) is 0.218. The van der Waals surface area contributed by atoms with Gasteiger partial charge >= 0.3 is 12.2 Å². The van der Waals surface area contributed by atoms with Gasteiger partial charge in [-0.05, 0) is 72.2 Å². The van der Waals surface area contributed by atoms with Gasteiger partial charge in [0.05, 0.1) is 11.4 Å². The van der Waals surface area contributed by atoms with Gasteiger partial charge in [0, 0.05) is 11.8 Å². The van der Waals surface area contributed by atoms with Gasteiger partial charge in [0.1, 0.15) is 11.2 Å². The number of aromatic nitrogens is 1. The minimum atomic E-state index is -0.751. The van der Waals surface area contributed by atoms with Crippen molar-refractivity contribution in [1.82, 2.24) is 15.6 Å². The highest BCUT2D eigenvalue weighted by atomic mass is 16.6. The maximum Gasteiger partial charge on any atom is 0.414 e. The molecular weight excluding hydrogens is 396 g/mol. The van der Waals surface area contributed by atoms with Crippen LogP contribution in [0.25, 0.3) is 11.3 Å². The van der Waals surface area contributed by atoms with E-state index in [4.69, 9.17) is 9.47 Å². The SMILES string of the molecule is Cc1cccnc1-c1cccc(N=C(NC(=O)OC(C)(C)C)NC(=O)OC(C)(C)C)c1. The first-order valence-corrected chi connectivity index (χ1v) is 9.93. The summed E-state index contributed by atoms with van der Waals surface area (Å²) >= 11 is 0. The van der Waals surface area contributed by atoms with Crippen LogP contribution in [-0.2, 0) is 9.47 Å². The Labute approximate surface area is 183 Å². The van der Waals surface area contributed by atoms with Gasteiger partial charge in [-0.15, -0.1) is 0 Å². The molecule has 0 saturated carbocycles. The second kappa shape index (κ2) is 9.59. The fourth-order valence-electron chi connectivity index (χ4n) is 2.53. The number of guanidine groups is 1. The van der Waals surface area contributed by atoms with Crippen LogP contribution in [0.2, 0.25) is 0 Å². The zero-order valence-electron chi connectivity index (χ0n) is 19.1. The molecule has 2 aromatic rings. The number of amides is 2. The normalized spacial score (nSPS) is 11.3. The molecule has 0 saturated heterocycles. The molecule has 0 radical (unpaired) electrons. The standard InChI is InChI=1S/C23H30N4O4/c1-15-10-9-13-24-18(15)16-11-8-12-17(14-16)25-19(26-20(28)30-22(2,3)4)27-21(29)31-23(5,6)7/h8-14H,1-7H3,(H2,25,26,27,28,29). The third-order valence-electron chi connectivity index (χ3n) is 3.61. The number of nitrogens with zero attached hydrogens (tertiary/aromatic N) is 2. The topological polar surface area (TPSA) is 102 Å². The summed E-state index contributed by atoms with van der Waals surface area (Å²) in [4.78, 5) is 33.3. The van der Waals surface area contributed by atoms with Crippen LogP contribution < -0.4 is 10.6 Å². The maximum absolute atomic E-state index is 12.2. The number of hydrogen-bond acceptors (Lipinski definition) is 6. The number of carbonyl (C=O) groups is 2. The Morgan fingerprint density at radius 2 is 1.48 bits per heavy atom. The van der Waals surface area contributed by atoms with Crippen molar-refractivity contribution in [2.75, 3.05) is 0 Å². The Hall–Kier alpha value is -3.42. The predicted octanol–water partition coefficient (Wildman–Crippen LogP) is 5.09. The van der Waals surface area contributed by atoms with Crippen LogP contribution >= 0.6 is 0 Å². The monoisotopic (exact) mass is 426 g/mol. The van der Waals surface area contributed by atoms with Crippen molar-refractivity contribution >= 4 is 23.8 Å². The summed E-state index contributed by atoms with van der Waals surface area (Å²) in [5, 5.41) is 4.94. The van der Waals surface area contributed by atoms with Gasteiger partial charge in [-0.3, -0.25) is 15.6 Å². The molecule has 1 heterocycles. The Bertz CT molecular complexity index is 940. The molecule has 8 heteroatoms. The molecule has 0 aliphatic heterocycles. The molecule has 0 aliphatic rings. The third kappa shape index (κ3) is 8.46.